The minimum atomic E-state index is -0.273. The lowest BCUT2D eigenvalue weighted by atomic mass is 10.00. The summed E-state index contributed by atoms with van der Waals surface area (Å²) in [6, 6.07) is 20.7. The molecular formula is C21H21N3O2. The van der Waals surface area contributed by atoms with Gasteiger partial charge in [-0.2, -0.15) is 0 Å². The second kappa shape index (κ2) is 8.78. The molecule has 3 aromatic rings. The Hall–Kier alpha value is -3.18. The largest absolute Gasteiger partial charge is 0.380 e. The van der Waals surface area contributed by atoms with Crippen LogP contribution in [0.25, 0.3) is 0 Å². The van der Waals surface area contributed by atoms with Crippen LogP contribution < -0.4 is 10.6 Å². The van der Waals surface area contributed by atoms with Crippen LogP contribution in [0.15, 0.2) is 79.1 Å². The van der Waals surface area contributed by atoms with Gasteiger partial charge in [-0.3, -0.25) is 4.98 Å². The summed E-state index contributed by atoms with van der Waals surface area (Å²) in [4.78, 5) is 16.6. The number of carbonyl (C=O) groups excluding carboxylic acids is 1. The number of benzene rings is 2. The average Bonchev–Trinajstić information content (AvgIpc) is 2.68. The van der Waals surface area contributed by atoms with E-state index in [0.29, 0.717) is 6.61 Å². The molecule has 26 heavy (non-hydrogen) atoms. The Labute approximate surface area is 153 Å². The molecule has 2 amide bonds. The number of nitrogens with zero attached hydrogens (tertiary/aromatic N) is 1. The lowest BCUT2D eigenvalue weighted by molar-refractivity contribution is 0.185. The van der Waals surface area contributed by atoms with Crippen molar-refractivity contribution in [3.8, 4) is 0 Å². The first-order chi connectivity index (χ1) is 12.8. The van der Waals surface area contributed by atoms with E-state index >= 15 is 0 Å². The van der Waals surface area contributed by atoms with Crippen LogP contribution in [0.5, 0.6) is 0 Å². The van der Waals surface area contributed by atoms with Crippen LogP contribution in [-0.4, -0.2) is 18.1 Å². The number of pyridine rings is 1. The smallest absolute Gasteiger partial charge is 0.319 e. The molecular weight excluding hydrogens is 326 g/mol. The van der Waals surface area contributed by atoms with E-state index in [0.717, 1.165) is 22.4 Å². The summed E-state index contributed by atoms with van der Waals surface area (Å²) < 4.78 is 5.13. The molecule has 3 rings (SSSR count). The highest BCUT2D eigenvalue weighted by atomic mass is 16.5. The zero-order chi connectivity index (χ0) is 18.2. The number of hydrogen-bond acceptors (Lipinski definition) is 3. The second-order valence-corrected chi connectivity index (χ2v) is 5.86. The highest BCUT2D eigenvalue weighted by molar-refractivity contribution is 5.89. The average molecular weight is 347 g/mol. The zero-order valence-electron chi connectivity index (χ0n) is 14.6. The fourth-order valence-corrected chi connectivity index (χ4v) is 2.76. The number of amides is 2. The molecule has 0 bridgehead atoms. The van der Waals surface area contributed by atoms with Gasteiger partial charge in [0.05, 0.1) is 12.6 Å². The van der Waals surface area contributed by atoms with Gasteiger partial charge in [-0.25, -0.2) is 4.79 Å². The molecule has 132 valence electrons. The van der Waals surface area contributed by atoms with Gasteiger partial charge in [-0.05, 0) is 41.0 Å². The molecule has 0 aliphatic heterocycles. The summed E-state index contributed by atoms with van der Waals surface area (Å²) in [5.74, 6) is 0. The summed E-state index contributed by atoms with van der Waals surface area (Å²) in [5, 5.41) is 5.93. The number of nitrogens with one attached hydrogen (secondary N) is 2. The molecule has 0 radical (unpaired) electrons. The van der Waals surface area contributed by atoms with E-state index in [1.54, 1.807) is 19.5 Å². The van der Waals surface area contributed by atoms with Crippen molar-refractivity contribution in [2.75, 3.05) is 12.4 Å². The summed E-state index contributed by atoms with van der Waals surface area (Å²) in [7, 11) is 1.64. The topological polar surface area (TPSA) is 63.2 Å². The predicted octanol–water partition coefficient (Wildman–Crippen LogP) is 4.14. The molecule has 5 heteroatoms. The fourth-order valence-electron chi connectivity index (χ4n) is 2.76. The Bertz CT molecular complexity index is 799. The monoisotopic (exact) mass is 347 g/mol. The van der Waals surface area contributed by atoms with Crippen LogP contribution in [0.1, 0.15) is 22.7 Å². The summed E-state index contributed by atoms with van der Waals surface area (Å²) in [6.45, 7) is 0.501. The van der Waals surface area contributed by atoms with Crippen molar-refractivity contribution in [1.29, 1.82) is 0 Å². The number of aromatic nitrogens is 1. The van der Waals surface area contributed by atoms with Crippen LogP contribution >= 0.6 is 0 Å². The van der Waals surface area contributed by atoms with Crippen LogP contribution in [0.2, 0.25) is 0 Å². The van der Waals surface area contributed by atoms with E-state index in [-0.39, 0.29) is 12.1 Å². The van der Waals surface area contributed by atoms with Crippen molar-refractivity contribution in [3.63, 3.8) is 0 Å². The van der Waals surface area contributed by atoms with Gasteiger partial charge >= 0.3 is 6.03 Å². The van der Waals surface area contributed by atoms with E-state index in [4.69, 9.17) is 4.74 Å². The minimum Gasteiger partial charge on any atom is -0.380 e. The summed E-state index contributed by atoms with van der Waals surface area (Å²) in [5.41, 5.74) is 3.69. The van der Waals surface area contributed by atoms with Crippen LogP contribution in [0.3, 0.4) is 0 Å². The number of methoxy groups -OCH3 is 1. The first kappa shape index (κ1) is 17.6. The number of ether oxygens (including phenoxy) is 1. The Kier molecular flexibility index (Phi) is 5.96. The molecule has 0 unspecified atom stereocenters. The Morgan fingerprint density at radius 2 is 1.73 bits per heavy atom. The van der Waals surface area contributed by atoms with Gasteiger partial charge in [0.1, 0.15) is 0 Å². The third-order valence-corrected chi connectivity index (χ3v) is 3.94. The van der Waals surface area contributed by atoms with Gasteiger partial charge in [0, 0.05) is 25.2 Å². The van der Waals surface area contributed by atoms with Crippen LogP contribution in [0, 0.1) is 0 Å². The van der Waals surface area contributed by atoms with Gasteiger partial charge < -0.3 is 15.4 Å². The van der Waals surface area contributed by atoms with E-state index in [9.17, 15) is 4.79 Å². The first-order valence-electron chi connectivity index (χ1n) is 8.36. The van der Waals surface area contributed by atoms with E-state index in [1.165, 1.54) is 0 Å². The molecule has 2 N–H and O–H groups in total. The number of rotatable bonds is 6. The van der Waals surface area contributed by atoms with Crippen molar-refractivity contribution in [2.45, 2.75) is 12.6 Å². The van der Waals surface area contributed by atoms with Gasteiger partial charge in [0.2, 0.25) is 0 Å². The van der Waals surface area contributed by atoms with Gasteiger partial charge in [-0.15, -0.1) is 0 Å². The standard InChI is InChI=1S/C21H21N3O2/c1-26-15-16-6-5-9-19(14-16)23-21(25)24-20(17-7-3-2-4-8-17)18-10-12-22-13-11-18/h2-14,20H,15H2,1H3,(H2,23,24,25)/t20-/m1/s1. The molecule has 5 nitrogen and oxygen atoms in total. The number of anilines is 1. The highest BCUT2D eigenvalue weighted by Crippen LogP contribution is 2.21. The minimum absolute atomic E-state index is 0.263. The third-order valence-electron chi connectivity index (χ3n) is 3.94. The Balaban J connectivity index is 1.77. The molecule has 0 fully saturated rings. The summed E-state index contributed by atoms with van der Waals surface area (Å²) >= 11 is 0. The first-order valence-corrected chi connectivity index (χ1v) is 8.36. The third kappa shape index (κ3) is 4.68. The molecule has 2 aromatic carbocycles. The van der Waals surface area contributed by atoms with Crippen molar-refractivity contribution in [3.05, 3.63) is 95.8 Å². The number of hydrogen-bond donors (Lipinski definition) is 2. The Morgan fingerprint density at radius 1 is 1.00 bits per heavy atom. The molecule has 0 saturated heterocycles. The molecule has 0 saturated carbocycles. The molecule has 0 spiro atoms. The van der Waals surface area contributed by atoms with Gasteiger partial charge in [0.15, 0.2) is 0 Å². The lowest BCUT2D eigenvalue weighted by Gasteiger charge is -2.20. The van der Waals surface area contributed by atoms with Crippen molar-refractivity contribution in [1.82, 2.24) is 10.3 Å². The number of urea groups is 1. The molecule has 1 heterocycles. The fraction of sp³-hybridized carbons (Fsp3) is 0.143. The SMILES string of the molecule is COCc1cccc(NC(=O)N[C@H](c2ccccc2)c2ccncc2)c1. The molecule has 1 atom stereocenters. The van der Waals surface area contributed by atoms with Crippen molar-refractivity contribution < 1.29 is 9.53 Å². The summed E-state index contributed by atoms with van der Waals surface area (Å²) in [6.07, 6.45) is 3.44. The number of carbonyl (C=O) groups is 1. The lowest BCUT2D eigenvalue weighted by Crippen LogP contribution is -2.33. The normalized spacial score (nSPS) is 11.6. The molecule has 0 aliphatic carbocycles. The van der Waals surface area contributed by atoms with E-state index in [1.807, 2.05) is 66.7 Å². The molecule has 1 aromatic heterocycles. The maximum absolute atomic E-state index is 12.6. The maximum atomic E-state index is 12.6. The highest BCUT2D eigenvalue weighted by Gasteiger charge is 2.16. The van der Waals surface area contributed by atoms with Gasteiger partial charge in [-0.1, -0.05) is 42.5 Å². The van der Waals surface area contributed by atoms with Gasteiger partial charge in [0.25, 0.3) is 0 Å². The predicted molar refractivity (Wildman–Crippen MR) is 102 cm³/mol. The maximum Gasteiger partial charge on any atom is 0.319 e. The van der Waals surface area contributed by atoms with E-state index in [2.05, 4.69) is 15.6 Å². The van der Waals surface area contributed by atoms with Crippen molar-refractivity contribution >= 4 is 11.7 Å². The second-order valence-electron chi connectivity index (χ2n) is 5.86. The Morgan fingerprint density at radius 3 is 2.46 bits per heavy atom. The zero-order valence-corrected chi connectivity index (χ0v) is 14.6. The van der Waals surface area contributed by atoms with E-state index < -0.39 is 0 Å². The van der Waals surface area contributed by atoms with Crippen LogP contribution in [-0.2, 0) is 11.3 Å². The van der Waals surface area contributed by atoms with Crippen molar-refractivity contribution in [2.24, 2.45) is 0 Å². The quantitative estimate of drug-likeness (QED) is 0.704. The van der Waals surface area contributed by atoms with Crippen LogP contribution in [0.4, 0.5) is 10.5 Å². The molecule has 0 aliphatic rings.